The Morgan fingerprint density at radius 2 is 2.11 bits per heavy atom. The maximum atomic E-state index is 5.83. The quantitative estimate of drug-likeness (QED) is 0.655. The fourth-order valence-corrected chi connectivity index (χ4v) is 2.02. The highest BCUT2D eigenvalue weighted by Crippen LogP contribution is 2.10. The van der Waals surface area contributed by atoms with E-state index >= 15 is 0 Å². The van der Waals surface area contributed by atoms with Crippen molar-refractivity contribution < 1.29 is 4.74 Å². The van der Waals surface area contributed by atoms with Gasteiger partial charge in [-0.1, -0.05) is 38.7 Å². The van der Waals surface area contributed by atoms with E-state index in [1.54, 1.807) is 0 Å². The van der Waals surface area contributed by atoms with Crippen molar-refractivity contribution in [3.63, 3.8) is 0 Å². The highest BCUT2D eigenvalue weighted by molar-refractivity contribution is 5.13. The zero-order valence-electron chi connectivity index (χ0n) is 12.6. The average Bonchev–Trinajstić information content (AvgIpc) is 2.43. The van der Waals surface area contributed by atoms with E-state index in [9.17, 15) is 0 Å². The summed E-state index contributed by atoms with van der Waals surface area (Å²) in [5.41, 5.74) is 2.22. The summed E-state index contributed by atoms with van der Waals surface area (Å²) in [7, 11) is 1.94. The number of unbranched alkanes of at least 4 members (excludes halogenated alkanes) is 3. The molecular formula is C16H28N2O. The molecule has 0 amide bonds. The number of aromatic nitrogens is 1. The van der Waals surface area contributed by atoms with E-state index in [4.69, 9.17) is 4.74 Å². The van der Waals surface area contributed by atoms with Crippen LogP contribution in [-0.2, 0) is 17.9 Å². The molecule has 108 valence electrons. The molecule has 0 aliphatic heterocycles. The molecule has 19 heavy (non-hydrogen) atoms. The fourth-order valence-electron chi connectivity index (χ4n) is 2.02. The molecule has 3 heteroatoms. The largest absolute Gasteiger partial charge is 0.372 e. The predicted octanol–water partition coefficient (Wildman–Crippen LogP) is 3.68. The van der Waals surface area contributed by atoms with Crippen LogP contribution in [0, 0.1) is 0 Å². The lowest BCUT2D eigenvalue weighted by Crippen LogP contribution is -2.09. The van der Waals surface area contributed by atoms with Crippen LogP contribution in [0.4, 0.5) is 0 Å². The first-order valence-corrected chi connectivity index (χ1v) is 7.46. The Labute approximate surface area is 117 Å². The van der Waals surface area contributed by atoms with Crippen LogP contribution < -0.4 is 5.32 Å². The third-order valence-corrected chi connectivity index (χ3v) is 3.25. The monoisotopic (exact) mass is 264 g/mol. The molecule has 0 fully saturated rings. The minimum Gasteiger partial charge on any atom is -0.372 e. The third-order valence-electron chi connectivity index (χ3n) is 3.25. The highest BCUT2D eigenvalue weighted by atomic mass is 16.5. The Hall–Kier alpha value is -0.930. The molecule has 0 bridgehead atoms. The van der Waals surface area contributed by atoms with Crippen LogP contribution in [0.5, 0.6) is 0 Å². The van der Waals surface area contributed by atoms with Crippen molar-refractivity contribution in [2.75, 3.05) is 7.05 Å². The standard InChI is InChI=1S/C16H28N2O/c1-4-5-6-7-8-14(2)19-13-16-10-9-15(11-17-3)12-18-16/h9-10,12,14,17H,4-8,11,13H2,1-3H3. The van der Waals surface area contributed by atoms with E-state index in [0.717, 1.165) is 18.7 Å². The summed E-state index contributed by atoms with van der Waals surface area (Å²) in [6, 6.07) is 4.16. The second kappa shape index (κ2) is 9.93. The maximum absolute atomic E-state index is 5.83. The summed E-state index contributed by atoms with van der Waals surface area (Å²) in [6.07, 6.45) is 8.61. The molecule has 0 aliphatic rings. The Morgan fingerprint density at radius 1 is 1.26 bits per heavy atom. The molecule has 0 aromatic carbocycles. The van der Waals surface area contributed by atoms with Gasteiger partial charge >= 0.3 is 0 Å². The van der Waals surface area contributed by atoms with Crippen LogP contribution in [0.15, 0.2) is 18.3 Å². The van der Waals surface area contributed by atoms with E-state index in [-0.39, 0.29) is 0 Å². The third kappa shape index (κ3) is 7.28. The van der Waals surface area contributed by atoms with Gasteiger partial charge in [0.25, 0.3) is 0 Å². The lowest BCUT2D eigenvalue weighted by Gasteiger charge is -2.12. The summed E-state index contributed by atoms with van der Waals surface area (Å²) in [5.74, 6) is 0. The van der Waals surface area contributed by atoms with Crippen molar-refractivity contribution in [2.45, 2.75) is 65.2 Å². The van der Waals surface area contributed by atoms with Gasteiger partial charge in [0.15, 0.2) is 0 Å². The molecule has 1 rings (SSSR count). The molecule has 1 unspecified atom stereocenters. The maximum Gasteiger partial charge on any atom is 0.0891 e. The summed E-state index contributed by atoms with van der Waals surface area (Å²) in [6.45, 7) is 5.88. The van der Waals surface area contributed by atoms with Gasteiger partial charge < -0.3 is 10.1 Å². The van der Waals surface area contributed by atoms with Gasteiger partial charge in [0.2, 0.25) is 0 Å². The Kier molecular flexibility index (Phi) is 8.43. The van der Waals surface area contributed by atoms with Crippen molar-refractivity contribution >= 4 is 0 Å². The molecular weight excluding hydrogens is 236 g/mol. The summed E-state index contributed by atoms with van der Waals surface area (Å²) >= 11 is 0. The van der Waals surface area contributed by atoms with Gasteiger partial charge in [0.05, 0.1) is 18.4 Å². The van der Waals surface area contributed by atoms with Crippen LogP contribution in [0.2, 0.25) is 0 Å². The second-order valence-corrected chi connectivity index (χ2v) is 5.16. The van der Waals surface area contributed by atoms with E-state index < -0.39 is 0 Å². The van der Waals surface area contributed by atoms with Gasteiger partial charge in [-0.05, 0) is 32.0 Å². The number of ether oxygens (including phenoxy) is 1. The summed E-state index contributed by atoms with van der Waals surface area (Å²) in [5, 5.41) is 3.12. The molecule has 0 radical (unpaired) electrons. The van der Waals surface area contributed by atoms with Crippen LogP contribution >= 0.6 is 0 Å². The van der Waals surface area contributed by atoms with Crippen LogP contribution in [-0.4, -0.2) is 18.1 Å². The predicted molar refractivity (Wildman–Crippen MR) is 80.0 cm³/mol. The summed E-state index contributed by atoms with van der Waals surface area (Å²) in [4.78, 5) is 4.41. The normalized spacial score (nSPS) is 12.6. The molecule has 1 atom stereocenters. The zero-order chi connectivity index (χ0) is 13.9. The van der Waals surface area contributed by atoms with Gasteiger partial charge in [-0.15, -0.1) is 0 Å². The van der Waals surface area contributed by atoms with Gasteiger partial charge in [-0.2, -0.15) is 0 Å². The minimum atomic E-state index is 0.329. The number of hydrogen-bond acceptors (Lipinski definition) is 3. The molecule has 3 nitrogen and oxygen atoms in total. The average molecular weight is 264 g/mol. The van der Waals surface area contributed by atoms with Crippen molar-refractivity contribution in [3.05, 3.63) is 29.6 Å². The first kappa shape index (κ1) is 16.1. The van der Waals surface area contributed by atoms with E-state index in [2.05, 4.69) is 36.3 Å². The second-order valence-electron chi connectivity index (χ2n) is 5.16. The SMILES string of the molecule is CCCCCCC(C)OCc1ccc(CNC)cn1. The smallest absolute Gasteiger partial charge is 0.0891 e. The van der Waals surface area contributed by atoms with Crippen molar-refractivity contribution in [1.82, 2.24) is 10.3 Å². The van der Waals surface area contributed by atoms with Gasteiger partial charge in [-0.3, -0.25) is 4.98 Å². The lowest BCUT2D eigenvalue weighted by molar-refractivity contribution is 0.0440. The Balaban J connectivity index is 2.20. The number of nitrogens with one attached hydrogen (secondary N) is 1. The zero-order valence-corrected chi connectivity index (χ0v) is 12.6. The fraction of sp³-hybridized carbons (Fsp3) is 0.688. The van der Waals surface area contributed by atoms with E-state index in [1.807, 2.05) is 13.2 Å². The number of nitrogens with zero attached hydrogens (tertiary/aromatic N) is 1. The molecule has 0 spiro atoms. The highest BCUT2D eigenvalue weighted by Gasteiger charge is 2.03. The Bertz CT molecular complexity index is 324. The van der Waals surface area contributed by atoms with Gasteiger partial charge in [0.1, 0.15) is 0 Å². The molecule has 0 saturated heterocycles. The summed E-state index contributed by atoms with van der Waals surface area (Å²) < 4.78 is 5.83. The minimum absolute atomic E-state index is 0.329. The first-order valence-electron chi connectivity index (χ1n) is 7.46. The topological polar surface area (TPSA) is 34.1 Å². The molecule has 1 N–H and O–H groups in total. The van der Waals surface area contributed by atoms with Crippen molar-refractivity contribution in [1.29, 1.82) is 0 Å². The van der Waals surface area contributed by atoms with E-state index in [0.29, 0.717) is 12.7 Å². The van der Waals surface area contributed by atoms with Gasteiger partial charge in [-0.25, -0.2) is 0 Å². The number of hydrogen-bond donors (Lipinski definition) is 1. The van der Waals surface area contributed by atoms with Crippen molar-refractivity contribution in [2.24, 2.45) is 0 Å². The molecule has 1 aromatic heterocycles. The molecule has 0 saturated carbocycles. The van der Waals surface area contributed by atoms with Gasteiger partial charge in [0, 0.05) is 12.7 Å². The number of pyridine rings is 1. The molecule has 1 aromatic rings. The van der Waals surface area contributed by atoms with Crippen LogP contribution in [0.3, 0.4) is 0 Å². The van der Waals surface area contributed by atoms with Crippen LogP contribution in [0.1, 0.15) is 57.2 Å². The lowest BCUT2D eigenvalue weighted by atomic mass is 10.1. The first-order chi connectivity index (χ1) is 9.26. The van der Waals surface area contributed by atoms with Crippen molar-refractivity contribution in [3.8, 4) is 0 Å². The molecule has 1 heterocycles. The molecule has 0 aliphatic carbocycles. The Morgan fingerprint density at radius 3 is 2.74 bits per heavy atom. The van der Waals surface area contributed by atoms with Crippen LogP contribution in [0.25, 0.3) is 0 Å². The number of rotatable bonds is 10. The van der Waals surface area contributed by atoms with E-state index in [1.165, 1.54) is 31.2 Å².